The van der Waals surface area contributed by atoms with Gasteiger partial charge in [-0.25, -0.2) is 4.79 Å². The van der Waals surface area contributed by atoms with E-state index >= 15 is 0 Å². The second kappa shape index (κ2) is 4.49. The molecule has 5 nitrogen and oxygen atoms in total. The summed E-state index contributed by atoms with van der Waals surface area (Å²) in [6, 6.07) is 8.22. The van der Waals surface area contributed by atoms with Crippen molar-refractivity contribution in [2.75, 3.05) is 26.7 Å². The van der Waals surface area contributed by atoms with Crippen molar-refractivity contribution in [2.24, 2.45) is 0 Å². The van der Waals surface area contributed by atoms with E-state index in [9.17, 15) is 4.79 Å². The van der Waals surface area contributed by atoms with Crippen LogP contribution in [0.3, 0.4) is 0 Å². The minimum atomic E-state index is 0.0225. The zero-order valence-electron chi connectivity index (χ0n) is 10.3. The fourth-order valence-corrected chi connectivity index (χ4v) is 2.50. The molecule has 18 heavy (non-hydrogen) atoms. The molecule has 0 aliphatic carbocycles. The van der Waals surface area contributed by atoms with Gasteiger partial charge in [-0.3, -0.25) is 0 Å². The van der Waals surface area contributed by atoms with Crippen molar-refractivity contribution in [1.82, 2.24) is 15.5 Å². The Hall–Kier alpha value is -1.75. The van der Waals surface area contributed by atoms with Gasteiger partial charge in [0.2, 0.25) is 0 Å². The third-order valence-corrected chi connectivity index (χ3v) is 3.65. The van der Waals surface area contributed by atoms with E-state index in [-0.39, 0.29) is 12.1 Å². The highest BCUT2D eigenvalue weighted by Crippen LogP contribution is 2.29. The molecule has 1 atom stereocenters. The smallest absolute Gasteiger partial charge is 0.318 e. The van der Waals surface area contributed by atoms with Gasteiger partial charge in [0.25, 0.3) is 0 Å². The first-order valence-corrected chi connectivity index (χ1v) is 6.20. The first kappa shape index (κ1) is 11.3. The van der Waals surface area contributed by atoms with Crippen LogP contribution in [0.15, 0.2) is 24.3 Å². The molecule has 2 aliphatic heterocycles. The fourth-order valence-electron chi connectivity index (χ4n) is 2.50. The van der Waals surface area contributed by atoms with Crippen LogP contribution in [0, 0.1) is 0 Å². The Morgan fingerprint density at radius 1 is 1.33 bits per heavy atom. The summed E-state index contributed by atoms with van der Waals surface area (Å²) in [7, 11) is 1.66. The summed E-state index contributed by atoms with van der Waals surface area (Å²) in [6.45, 7) is 2.50. The minimum Gasteiger partial charge on any atom is -0.496 e. The molecule has 2 saturated heterocycles. The van der Waals surface area contributed by atoms with E-state index < -0.39 is 0 Å². The Morgan fingerprint density at radius 2 is 2.11 bits per heavy atom. The topological polar surface area (TPSA) is 53.6 Å². The maximum Gasteiger partial charge on any atom is 0.318 e. The van der Waals surface area contributed by atoms with Crippen LogP contribution in [0.5, 0.6) is 5.75 Å². The number of carbonyl (C=O) groups is 1. The van der Waals surface area contributed by atoms with Crippen molar-refractivity contribution in [3.05, 3.63) is 29.8 Å². The number of hydrogen-bond donors (Lipinski definition) is 2. The molecular weight excluding hydrogens is 230 g/mol. The lowest BCUT2D eigenvalue weighted by molar-refractivity contribution is 0.172. The predicted octanol–water partition coefficient (Wildman–Crippen LogP) is 0.733. The number of urea groups is 1. The Labute approximate surface area is 106 Å². The number of rotatable bonds is 3. The van der Waals surface area contributed by atoms with Crippen molar-refractivity contribution in [2.45, 2.75) is 12.1 Å². The summed E-state index contributed by atoms with van der Waals surface area (Å²) >= 11 is 0. The van der Waals surface area contributed by atoms with E-state index in [0.29, 0.717) is 12.6 Å². The molecule has 3 rings (SSSR count). The van der Waals surface area contributed by atoms with Crippen molar-refractivity contribution in [3.63, 3.8) is 0 Å². The quantitative estimate of drug-likeness (QED) is 0.828. The van der Waals surface area contributed by atoms with Gasteiger partial charge in [-0.1, -0.05) is 18.2 Å². The highest BCUT2D eigenvalue weighted by atomic mass is 16.5. The third-order valence-electron chi connectivity index (χ3n) is 3.65. The van der Waals surface area contributed by atoms with Crippen LogP contribution in [0.4, 0.5) is 4.79 Å². The van der Waals surface area contributed by atoms with E-state index in [0.717, 1.165) is 24.4 Å². The van der Waals surface area contributed by atoms with E-state index in [4.69, 9.17) is 4.74 Å². The van der Waals surface area contributed by atoms with Crippen LogP contribution in [-0.2, 0) is 0 Å². The maximum atomic E-state index is 11.9. The van der Waals surface area contributed by atoms with E-state index in [1.807, 2.05) is 29.2 Å². The first-order chi connectivity index (χ1) is 8.79. The molecular formula is C13H17N3O2. The van der Waals surface area contributed by atoms with Crippen LogP contribution in [-0.4, -0.2) is 43.7 Å². The average Bonchev–Trinajstić information content (AvgIpc) is 2.69. The number of ether oxygens (including phenoxy) is 1. The maximum absolute atomic E-state index is 11.9. The van der Waals surface area contributed by atoms with Gasteiger partial charge >= 0.3 is 6.03 Å². The third kappa shape index (κ3) is 1.80. The van der Waals surface area contributed by atoms with Crippen molar-refractivity contribution in [1.29, 1.82) is 0 Å². The highest BCUT2D eigenvalue weighted by molar-refractivity contribution is 5.78. The average molecular weight is 247 g/mol. The summed E-state index contributed by atoms with van der Waals surface area (Å²) < 4.78 is 5.35. The van der Waals surface area contributed by atoms with Crippen LogP contribution in [0.25, 0.3) is 0 Å². The molecule has 96 valence electrons. The summed E-state index contributed by atoms with van der Waals surface area (Å²) in [4.78, 5) is 13.8. The molecule has 1 aromatic carbocycles. The van der Waals surface area contributed by atoms with E-state index in [2.05, 4.69) is 10.6 Å². The second-order valence-electron chi connectivity index (χ2n) is 4.71. The van der Waals surface area contributed by atoms with Gasteiger partial charge in [-0.2, -0.15) is 0 Å². The lowest BCUT2D eigenvalue weighted by Crippen LogP contribution is -2.57. The van der Waals surface area contributed by atoms with Crippen molar-refractivity contribution >= 4 is 6.03 Å². The summed E-state index contributed by atoms with van der Waals surface area (Å²) in [5.74, 6) is 0.830. The highest BCUT2D eigenvalue weighted by Gasteiger charge is 2.37. The van der Waals surface area contributed by atoms with Crippen molar-refractivity contribution in [3.8, 4) is 5.75 Å². The van der Waals surface area contributed by atoms with Crippen LogP contribution < -0.4 is 15.4 Å². The second-order valence-corrected chi connectivity index (χ2v) is 4.71. The zero-order chi connectivity index (χ0) is 12.5. The molecule has 1 aromatic rings. The van der Waals surface area contributed by atoms with Gasteiger partial charge in [-0.15, -0.1) is 0 Å². The normalized spacial score (nSPS) is 23.7. The SMILES string of the molecule is COc1ccccc1C1CN(C2CNC2)C(=O)N1. The van der Waals surface area contributed by atoms with Crippen LogP contribution in [0.1, 0.15) is 11.6 Å². The Balaban J connectivity index is 1.79. The number of nitrogens with zero attached hydrogens (tertiary/aromatic N) is 1. The molecule has 0 bridgehead atoms. The lowest BCUT2D eigenvalue weighted by Gasteiger charge is -2.34. The summed E-state index contributed by atoms with van der Waals surface area (Å²) in [5.41, 5.74) is 1.04. The number of nitrogens with one attached hydrogen (secondary N) is 2. The molecule has 0 radical (unpaired) electrons. The largest absolute Gasteiger partial charge is 0.496 e. The monoisotopic (exact) mass is 247 g/mol. The molecule has 2 heterocycles. The van der Waals surface area contributed by atoms with Gasteiger partial charge in [0.05, 0.1) is 19.2 Å². The van der Waals surface area contributed by atoms with Gasteiger partial charge in [0, 0.05) is 25.2 Å². The molecule has 5 heteroatoms. The van der Waals surface area contributed by atoms with E-state index in [1.165, 1.54) is 0 Å². The van der Waals surface area contributed by atoms with Gasteiger partial charge in [-0.05, 0) is 6.07 Å². The Bertz CT molecular complexity index is 459. The molecule has 1 unspecified atom stereocenters. The number of para-hydroxylation sites is 1. The zero-order valence-corrected chi connectivity index (χ0v) is 10.3. The number of methoxy groups -OCH3 is 1. The molecule has 2 amide bonds. The van der Waals surface area contributed by atoms with Gasteiger partial charge in [0.15, 0.2) is 0 Å². The fraction of sp³-hybridized carbons (Fsp3) is 0.462. The molecule has 2 aliphatic rings. The van der Waals surface area contributed by atoms with Crippen LogP contribution in [0.2, 0.25) is 0 Å². The van der Waals surface area contributed by atoms with Gasteiger partial charge < -0.3 is 20.3 Å². The molecule has 0 saturated carbocycles. The lowest BCUT2D eigenvalue weighted by atomic mass is 10.1. The van der Waals surface area contributed by atoms with Crippen LogP contribution >= 0.6 is 0 Å². The number of carbonyl (C=O) groups excluding carboxylic acids is 1. The predicted molar refractivity (Wildman–Crippen MR) is 67.6 cm³/mol. The molecule has 0 spiro atoms. The summed E-state index contributed by atoms with van der Waals surface area (Å²) in [5, 5.41) is 6.21. The number of amides is 2. The van der Waals surface area contributed by atoms with Crippen molar-refractivity contribution < 1.29 is 9.53 Å². The van der Waals surface area contributed by atoms with Gasteiger partial charge in [0.1, 0.15) is 5.75 Å². The number of benzene rings is 1. The minimum absolute atomic E-state index is 0.0225. The Kier molecular flexibility index (Phi) is 2.83. The molecule has 0 aromatic heterocycles. The standard InChI is InChI=1S/C13H17N3O2/c1-18-12-5-3-2-4-10(12)11-8-16(13(17)15-11)9-6-14-7-9/h2-5,9,11,14H,6-8H2,1H3,(H,15,17). The summed E-state index contributed by atoms with van der Waals surface area (Å²) in [6.07, 6.45) is 0. The Morgan fingerprint density at radius 3 is 2.78 bits per heavy atom. The molecule has 2 fully saturated rings. The molecule has 2 N–H and O–H groups in total. The first-order valence-electron chi connectivity index (χ1n) is 6.20. The number of hydrogen-bond acceptors (Lipinski definition) is 3. The van der Waals surface area contributed by atoms with E-state index in [1.54, 1.807) is 7.11 Å².